The highest BCUT2D eigenvalue weighted by atomic mass is 32.1. The van der Waals surface area contributed by atoms with E-state index in [-0.39, 0.29) is 5.91 Å². The van der Waals surface area contributed by atoms with Crippen LogP contribution in [0.4, 0.5) is 0 Å². The summed E-state index contributed by atoms with van der Waals surface area (Å²) in [5.74, 6) is 0.916. The fourth-order valence-electron chi connectivity index (χ4n) is 2.60. The molecule has 0 atom stereocenters. The number of rotatable bonds is 7. The maximum atomic E-state index is 12.1. The number of hydrogen-bond acceptors (Lipinski definition) is 4. The van der Waals surface area contributed by atoms with Gasteiger partial charge in [-0.3, -0.25) is 4.79 Å². The van der Waals surface area contributed by atoms with Gasteiger partial charge in [0.25, 0.3) is 5.91 Å². The number of amides is 1. The Hall–Kier alpha value is -1.85. The minimum atomic E-state index is -0.0178. The zero-order valence-corrected chi connectivity index (χ0v) is 15.9. The quantitative estimate of drug-likeness (QED) is 0.834. The van der Waals surface area contributed by atoms with Gasteiger partial charge in [0, 0.05) is 18.7 Å². The average Bonchev–Trinajstić information content (AvgIpc) is 2.94. The van der Waals surface area contributed by atoms with Crippen molar-refractivity contribution in [3.05, 3.63) is 50.7 Å². The molecule has 0 unspecified atom stereocenters. The average molecular weight is 346 g/mol. The second kappa shape index (κ2) is 8.31. The van der Waals surface area contributed by atoms with Gasteiger partial charge in [0.05, 0.1) is 4.88 Å². The molecule has 0 aliphatic heterocycles. The van der Waals surface area contributed by atoms with Crippen molar-refractivity contribution in [2.24, 2.45) is 0 Å². The smallest absolute Gasteiger partial charge is 0.261 e. The van der Waals surface area contributed by atoms with Crippen molar-refractivity contribution in [1.82, 2.24) is 10.2 Å². The molecule has 0 aliphatic carbocycles. The summed E-state index contributed by atoms with van der Waals surface area (Å²) in [6, 6.07) is 6.16. The molecule has 0 saturated heterocycles. The first-order valence-electron chi connectivity index (χ1n) is 8.08. The number of aryl methyl sites for hydroxylation is 3. The second-order valence-corrected chi connectivity index (χ2v) is 7.31. The minimum Gasteiger partial charge on any atom is -0.488 e. The number of carbonyl (C=O) groups excluding carboxylic acids is 1. The van der Waals surface area contributed by atoms with Crippen LogP contribution in [0, 0.1) is 20.8 Å². The predicted octanol–water partition coefficient (Wildman–Crippen LogP) is 3.54. The largest absolute Gasteiger partial charge is 0.488 e. The molecule has 0 aliphatic rings. The summed E-state index contributed by atoms with van der Waals surface area (Å²) in [7, 11) is 3.98. The van der Waals surface area contributed by atoms with Gasteiger partial charge in [0.1, 0.15) is 12.4 Å². The Kier molecular flexibility index (Phi) is 6.40. The second-order valence-electron chi connectivity index (χ2n) is 6.39. The van der Waals surface area contributed by atoms with E-state index in [9.17, 15) is 4.79 Å². The van der Waals surface area contributed by atoms with Gasteiger partial charge in [-0.2, -0.15) is 0 Å². The van der Waals surface area contributed by atoms with Crippen molar-refractivity contribution >= 4 is 17.2 Å². The van der Waals surface area contributed by atoms with E-state index in [1.807, 2.05) is 30.4 Å². The third-order valence-electron chi connectivity index (χ3n) is 3.71. The molecular weight excluding hydrogens is 320 g/mol. The number of nitrogens with zero attached hydrogens (tertiary/aromatic N) is 1. The summed E-state index contributed by atoms with van der Waals surface area (Å²) in [6.45, 7) is 8.17. The maximum absolute atomic E-state index is 12.1. The molecule has 0 fully saturated rings. The van der Waals surface area contributed by atoms with Crippen LogP contribution < -0.4 is 10.1 Å². The molecule has 0 saturated carbocycles. The Labute approximate surface area is 148 Å². The summed E-state index contributed by atoms with van der Waals surface area (Å²) < 4.78 is 5.98. The molecule has 1 N–H and O–H groups in total. The van der Waals surface area contributed by atoms with Crippen LogP contribution in [0.3, 0.4) is 0 Å². The first-order chi connectivity index (χ1) is 11.4. The van der Waals surface area contributed by atoms with Crippen LogP contribution in [0.15, 0.2) is 23.6 Å². The summed E-state index contributed by atoms with van der Waals surface area (Å²) in [6.07, 6.45) is 0. The topological polar surface area (TPSA) is 41.6 Å². The van der Waals surface area contributed by atoms with Gasteiger partial charge >= 0.3 is 0 Å². The lowest BCUT2D eigenvalue weighted by Crippen LogP contribution is -2.30. The SMILES string of the molecule is Cc1cc(C)c(OCc2csc(C(=O)NCCN(C)C)c2)c(C)c1. The Bertz CT molecular complexity index is 684. The number of ether oxygens (including phenoxy) is 1. The minimum absolute atomic E-state index is 0.0178. The van der Waals surface area contributed by atoms with Crippen LogP contribution in [0.2, 0.25) is 0 Å². The highest BCUT2D eigenvalue weighted by molar-refractivity contribution is 7.12. The molecule has 0 radical (unpaired) electrons. The Morgan fingerprint density at radius 3 is 2.46 bits per heavy atom. The van der Waals surface area contributed by atoms with E-state index in [1.54, 1.807) is 0 Å². The fourth-order valence-corrected chi connectivity index (χ4v) is 3.41. The van der Waals surface area contributed by atoms with Gasteiger partial charge in [-0.05, 0) is 57.4 Å². The van der Waals surface area contributed by atoms with E-state index in [2.05, 4.69) is 38.2 Å². The third-order valence-corrected chi connectivity index (χ3v) is 4.69. The van der Waals surface area contributed by atoms with E-state index >= 15 is 0 Å². The van der Waals surface area contributed by atoms with Gasteiger partial charge < -0.3 is 15.0 Å². The molecule has 4 nitrogen and oxygen atoms in total. The summed E-state index contributed by atoms with van der Waals surface area (Å²) >= 11 is 1.46. The molecule has 0 bridgehead atoms. The monoisotopic (exact) mass is 346 g/mol. The van der Waals surface area contributed by atoms with Crippen LogP contribution in [0.25, 0.3) is 0 Å². The van der Waals surface area contributed by atoms with Crippen molar-refractivity contribution in [2.45, 2.75) is 27.4 Å². The molecule has 1 amide bonds. The van der Waals surface area contributed by atoms with Gasteiger partial charge in [-0.15, -0.1) is 11.3 Å². The zero-order chi connectivity index (χ0) is 17.7. The van der Waals surface area contributed by atoms with E-state index in [4.69, 9.17) is 4.74 Å². The summed E-state index contributed by atoms with van der Waals surface area (Å²) in [5, 5.41) is 4.92. The third kappa shape index (κ3) is 5.08. The normalized spacial score (nSPS) is 10.9. The molecule has 2 aromatic rings. The van der Waals surface area contributed by atoms with E-state index in [0.29, 0.717) is 13.2 Å². The molecule has 1 aromatic heterocycles. The molecule has 1 heterocycles. The van der Waals surface area contributed by atoms with Crippen molar-refractivity contribution in [3.8, 4) is 5.75 Å². The van der Waals surface area contributed by atoms with Crippen molar-refractivity contribution in [1.29, 1.82) is 0 Å². The molecule has 1 aromatic carbocycles. The lowest BCUT2D eigenvalue weighted by Gasteiger charge is -2.12. The lowest BCUT2D eigenvalue weighted by atomic mass is 10.1. The van der Waals surface area contributed by atoms with Crippen LogP contribution >= 0.6 is 11.3 Å². The number of benzene rings is 1. The van der Waals surface area contributed by atoms with Gasteiger partial charge in [-0.25, -0.2) is 0 Å². The highest BCUT2D eigenvalue weighted by Gasteiger charge is 2.10. The molecule has 24 heavy (non-hydrogen) atoms. The van der Waals surface area contributed by atoms with Crippen molar-refractivity contribution in [2.75, 3.05) is 27.2 Å². The molecule has 0 spiro atoms. The van der Waals surface area contributed by atoms with Gasteiger partial charge in [0.15, 0.2) is 0 Å². The van der Waals surface area contributed by atoms with Crippen LogP contribution in [0.1, 0.15) is 31.9 Å². The Morgan fingerprint density at radius 2 is 1.83 bits per heavy atom. The summed E-state index contributed by atoms with van der Waals surface area (Å²) in [4.78, 5) is 14.9. The fraction of sp³-hybridized carbons (Fsp3) is 0.421. The maximum Gasteiger partial charge on any atom is 0.261 e. The summed E-state index contributed by atoms with van der Waals surface area (Å²) in [5.41, 5.74) is 4.55. The zero-order valence-electron chi connectivity index (χ0n) is 15.1. The van der Waals surface area contributed by atoms with Crippen LogP contribution in [-0.2, 0) is 6.61 Å². The predicted molar refractivity (Wildman–Crippen MR) is 100 cm³/mol. The van der Waals surface area contributed by atoms with E-state index in [0.717, 1.165) is 33.9 Å². The highest BCUT2D eigenvalue weighted by Crippen LogP contribution is 2.26. The molecule has 2 rings (SSSR count). The van der Waals surface area contributed by atoms with E-state index in [1.165, 1.54) is 16.9 Å². The van der Waals surface area contributed by atoms with Crippen LogP contribution in [0.5, 0.6) is 5.75 Å². The van der Waals surface area contributed by atoms with Crippen molar-refractivity contribution in [3.63, 3.8) is 0 Å². The number of carbonyl (C=O) groups is 1. The standard InChI is InChI=1S/C19H26N2O2S/c1-13-8-14(2)18(15(3)9-13)23-11-16-10-17(24-12-16)19(22)20-6-7-21(4)5/h8-10,12H,6-7,11H2,1-5H3,(H,20,22). The molecule has 5 heteroatoms. The number of hydrogen-bond donors (Lipinski definition) is 1. The van der Waals surface area contributed by atoms with Crippen molar-refractivity contribution < 1.29 is 9.53 Å². The molecule has 130 valence electrons. The molecular formula is C19H26N2O2S. The lowest BCUT2D eigenvalue weighted by molar-refractivity contribution is 0.0955. The van der Waals surface area contributed by atoms with Gasteiger partial charge in [-0.1, -0.05) is 17.7 Å². The van der Waals surface area contributed by atoms with E-state index < -0.39 is 0 Å². The van der Waals surface area contributed by atoms with Crippen LogP contribution in [-0.4, -0.2) is 38.0 Å². The Balaban J connectivity index is 1.93. The first kappa shape index (κ1) is 18.5. The number of nitrogens with one attached hydrogen (secondary N) is 1. The number of thiophene rings is 1. The van der Waals surface area contributed by atoms with Gasteiger partial charge in [0.2, 0.25) is 0 Å². The first-order valence-corrected chi connectivity index (χ1v) is 8.95. The number of likely N-dealkylation sites (N-methyl/N-ethyl adjacent to an activating group) is 1. The Morgan fingerprint density at radius 1 is 1.17 bits per heavy atom.